The number of rotatable bonds is 5. The Hall–Kier alpha value is -2.12. The molecule has 1 aliphatic rings. The van der Waals surface area contributed by atoms with Crippen molar-refractivity contribution in [1.82, 2.24) is 14.9 Å². The van der Waals surface area contributed by atoms with Gasteiger partial charge in [0, 0.05) is 25.0 Å². The molecule has 1 aromatic heterocycles. The SMILES string of the molecule is CC(C)C(C(=O)N1CC(O)CC1C)N(N)/C=C(\N)c1ccccn1. The van der Waals surface area contributed by atoms with Gasteiger partial charge in [0.2, 0.25) is 5.91 Å². The molecule has 5 N–H and O–H groups in total. The second-order valence-corrected chi connectivity index (χ2v) is 6.66. The number of β-amino-alcohol motifs (C(OH)–C–C–N with tert-alkyl or cyclic N) is 1. The molecule has 0 aliphatic carbocycles. The van der Waals surface area contributed by atoms with E-state index in [1.54, 1.807) is 29.4 Å². The van der Waals surface area contributed by atoms with Gasteiger partial charge in [0.25, 0.3) is 0 Å². The molecule has 0 aromatic carbocycles. The van der Waals surface area contributed by atoms with Gasteiger partial charge in [0.1, 0.15) is 6.04 Å². The molecule has 1 amide bonds. The first kappa shape index (κ1) is 18.2. The van der Waals surface area contributed by atoms with Crippen LogP contribution in [0.3, 0.4) is 0 Å². The van der Waals surface area contributed by atoms with Crippen LogP contribution in [0.25, 0.3) is 5.70 Å². The van der Waals surface area contributed by atoms with Crippen LogP contribution in [0.2, 0.25) is 0 Å². The second kappa shape index (κ2) is 7.63. The Morgan fingerprint density at radius 1 is 1.50 bits per heavy atom. The third kappa shape index (κ3) is 4.04. The van der Waals surface area contributed by atoms with Crippen molar-refractivity contribution in [1.29, 1.82) is 0 Å². The maximum absolute atomic E-state index is 12.9. The summed E-state index contributed by atoms with van der Waals surface area (Å²) >= 11 is 0. The quantitative estimate of drug-likeness (QED) is 0.535. The maximum Gasteiger partial charge on any atom is 0.247 e. The molecule has 2 rings (SSSR count). The Morgan fingerprint density at radius 2 is 2.21 bits per heavy atom. The minimum atomic E-state index is -0.556. The number of hydrazine groups is 1. The van der Waals surface area contributed by atoms with Crippen molar-refractivity contribution in [3.05, 3.63) is 36.3 Å². The summed E-state index contributed by atoms with van der Waals surface area (Å²) in [6.45, 7) is 6.15. The van der Waals surface area contributed by atoms with Gasteiger partial charge in [-0.2, -0.15) is 0 Å². The van der Waals surface area contributed by atoms with Crippen molar-refractivity contribution in [2.24, 2.45) is 17.5 Å². The van der Waals surface area contributed by atoms with Crippen molar-refractivity contribution in [3.63, 3.8) is 0 Å². The number of pyridine rings is 1. The van der Waals surface area contributed by atoms with Crippen molar-refractivity contribution in [3.8, 4) is 0 Å². The monoisotopic (exact) mass is 333 g/mol. The highest BCUT2D eigenvalue weighted by atomic mass is 16.3. The Labute approximate surface area is 142 Å². The molecule has 0 radical (unpaired) electrons. The highest BCUT2D eigenvalue weighted by Crippen LogP contribution is 2.22. The standard InChI is InChI=1S/C17H27N5O2/c1-11(2)16(17(24)21-9-13(23)8-12(21)3)22(19)10-14(18)15-6-4-5-7-20-15/h4-7,10-13,16,23H,8-9,18-19H2,1-3H3/b14-10-. The van der Waals surface area contributed by atoms with Gasteiger partial charge in [-0.3, -0.25) is 9.78 Å². The maximum atomic E-state index is 12.9. The first-order valence-corrected chi connectivity index (χ1v) is 8.21. The lowest BCUT2D eigenvalue weighted by Crippen LogP contribution is -2.53. The molecule has 3 unspecified atom stereocenters. The van der Waals surface area contributed by atoms with Gasteiger partial charge < -0.3 is 20.7 Å². The zero-order valence-electron chi connectivity index (χ0n) is 14.5. The molecule has 1 fully saturated rings. The van der Waals surface area contributed by atoms with E-state index in [1.165, 1.54) is 5.01 Å². The molecule has 3 atom stereocenters. The summed E-state index contributed by atoms with van der Waals surface area (Å²) in [4.78, 5) is 18.8. The van der Waals surface area contributed by atoms with Gasteiger partial charge in [-0.1, -0.05) is 19.9 Å². The van der Waals surface area contributed by atoms with E-state index in [-0.39, 0.29) is 17.9 Å². The highest BCUT2D eigenvalue weighted by molar-refractivity contribution is 5.83. The van der Waals surface area contributed by atoms with Crippen LogP contribution in [0.1, 0.15) is 32.9 Å². The van der Waals surface area contributed by atoms with Crippen LogP contribution >= 0.6 is 0 Å². The minimum absolute atomic E-state index is 0.000679. The van der Waals surface area contributed by atoms with Gasteiger partial charge in [-0.05, 0) is 31.4 Å². The molecular formula is C17H27N5O2. The zero-order valence-corrected chi connectivity index (χ0v) is 14.5. The summed E-state index contributed by atoms with van der Waals surface area (Å²) in [6, 6.07) is 4.86. The molecule has 0 saturated carbocycles. The predicted octanol–water partition coefficient (Wildman–Crippen LogP) is 0.521. The van der Waals surface area contributed by atoms with E-state index < -0.39 is 12.1 Å². The number of amides is 1. The van der Waals surface area contributed by atoms with Crippen LogP contribution in [-0.4, -0.2) is 50.6 Å². The van der Waals surface area contributed by atoms with E-state index in [0.29, 0.717) is 24.4 Å². The predicted molar refractivity (Wildman–Crippen MR) is 92.9 cm³/mol. The third-order valence-electron chi connectivity index (χ3n) is 4.29. The molecule has 1 saturated heterocycles. The fourth-order valence-electron chi connectivity index (χ4n) is 3.08. The molecule has 1 aromatic rings. The van der Waals surface area contributed by atoms with Crippen LogP contribution in [0.15, 0.2) is 30.6 Å². The summed E-state index contributed by atoms with van der Waals surface area (Å²) < 4.78 is 0. The molecule has 2 heterocycles. The van der Waals surface area contributed by atoms with E-state index in [0.717, 1.165) is 0 Å². The number of hydrogen-bond donors (Lipinski definition) is 3. The molecule has 0 bridgehead atoms. The Morgan fingerprint density at radius 3 is 2.71 bits per heavy atom. The van der Waals surface area contributed by atoms with Crippen molar-refractivity contribution in [2.45, 2.75) is 45.4 Å². The molecule has 7 heteroatoms. The minimum Gasteiger partial charge on any atom is -0.396 e. The van der Waals surface area contributed by atoms with E-state index in [4.69, 9.17) is 11.6 Å². The van der Waals surface area contributed by atoms with Crippen molar-refractivity contribution < 1.29 is 9.90 Å². The van der Waals surface area contributed by atoms with Crippen LogP contribution in [0.5, 0.6) is 0 Å². The van der Waals surface area contributed by atoms with E-state index in [1.807, 2.05) is 26.8 Å². The van der Waals surface area contributed by atoms with Gasteiger partial charge in [0.05, 0.1) is 17.5 Å². The second-order valence-electron chi connectivity index (χ2n) is 6.66. The average molecular weight is 333 g/mol. The van der Waals surface area contributed by atoms with Crippen LogP contribution in [0.4, 0.5) is 0 Å². The summed E-state index contributed by atoms with van der Waals surface area (Å²) in [6.07, 6.45) is 3.31. The lowest BCUT2D eigenvalue weighted by Gasteiger charge is -2.33. The molecule has 24 heavy (non-hydrogen) atoms. The fraction of sp³-hybridized carbons (Fsp3) is 0.529. The number of aliphatic hydroxyl groups excluding tert-OH is 1. The van der Waals surface area contributed by atoms with E-state index in [9.17, 15) is 9.90 Å². The van der Waals surface area contributed by atoms with Gasteiger partial charge in [-0.25, -0.2) is 5.84 Å². The number of carbonyl (C=O) groups excluding carboxylic acids is 1. The van der Waals surface area contributed by atoms with Gasteiger partial charge >= 0.3 is 0 Å². The molecule has 0 spiro atoms. The van der Waals surface area contributed by atoms with Crippen molar-refractivity contribution in [2.75, 3.05) is 6.54 Å². The Bertz CT molecular complexity index is 590. The number of nitrogens with two attached hydrogens (primary N) is 2. The topological polar surface area (TPSA) is 109 Å². The molecule has 1 aliphatic heterocycles. The fourth-order valence-corrected chi connectivity index (χ4v) is 3.08. The van der Waals surface area contributed by atoms with E-state index >= 15 is 0 Å². The number of carbonyl (C=O) groups is 1. The van der Waals surface area contributed by atoms with Crippen molar-refractivity contribution >= 4 is 11.6 Å². The number of nitrogens with zero attached hydrogens (tertiary/aromatic N) is 3. The molecular weight excluding hydrogens is 306 g/mol. The average Bonchev–Trinajstić information content (AvgIpc) is 2.86. The van der Waals surface area contributed by atoms with Crippen LogP contribution in [-0.2, 0) is 4.79 Å². The number of hydrogen-bond acceptors (Lipinski definition) is 6. The lowest BCUT2D eigenvalue weighted by molar-refractivity contribution is -0.138. The zero-order chi connectivity index (χ0) is 17.9. The summed E-state index contributed by atoms with van der Waals surface area (Å²) in [5.41, 5.74) is 7.05. The smallest absolute Gasteiger partial charge is 0.247 e. The summed E-state index contributed by atoms with van der Waals surface area (Å²) in [5, 5.41) is 11.1. The Kier molecular flexibility index (Phi) is 5.80. The third-order valence-corrected chi connectivity index (χ3v) is 4.29. The first-order chi connectivity index (χ1) is 11.3. The lowest BCUT2D eigenvalue weighted by atomic mass is 10.0. The van der Waals surface area contributed by atoms with Crippen LogP contribution in [0, 0.1) is 5.92 Å². The van der Waals surface area contributed by atoms with Gasteiger partial charge in [0.15, 0.2) is 0 Å². The van der Waals surface area contributed by atoms with Gasteiger partial charge in [-0.15, -0.1) is 0 Å². The normalized spacial score (nSPS) is 22.8. The summed E-state index contributed by atoms with van der Waals surface area (Å²) in [7, 11) is 0. The molecule has 132 valence electrons. The number of likely N-dealkylation sites (tertiary alicyclic amines) is 1. The summed E-state index contributed by atoms with van der Waals surface area (Å²) in [5.74, 6) is 6.04. The number of aliphatic hydroxyl groups is 1. The molecule has 7 nitrogen and oxygen atoms in total. The first-order valence-electron chi connectivity index (χ1n) is 8.21. The highest BCUT2D eigenvalue weighted by Gasteiger charge is 2.37. The van der Waals surface area contributed by atoms with Crippen LogP contribution < -0.4 is 11.6 Å². The van der Waals surface area contributed by atoms with E-state index in [2.05, 4.69) is 4.98 Å². The largest absolute Gasteiger partial charge is 0.396 e. The Balaban J connectivity index is 2.19. The number of aromatic nitrogens is 1.